The first-order valence-electron chi connectivity index (χ1n) is 4.34. The number of carbonyl (C=O) groups is 1. The highest BCUT2D eigenvalue weighted by molar-refractivity contribution is 7.09. The molecule has 1 aromatic heterocycles. The average Bonchev–Trinajstić information content (AvgIpc) is 2.78. The molecule has 0 aromatic carbocycles. The number of aromatic nitrogens is 1. The van der Waals surface area contributed by atoms with Crippen LogP contribution in [0.15, 0.2) is 11.7 Å². The predicted octanol–water partition coefficient (Wildman–Crippen LogP) is 1.02. The van der Waals surface area contributed by atoms with Crippen molar-refractivity contribution in [1.82, 2.24) is 9.88 Å². The lowest BCUT2D eigenvalue weighted by molar-refractivity contribution is -0.128. The standard InChI is InChI=1S/C9H9N3OS/c10-2-7-1-9(13)12(4-7)5-8-3-11-6-14-8/h3,6-7H,1,4-5H2. The Kier molecular flexibility index (Phi) is 2.46. The van der Waals surface area contributed by atoms with E-state index in [1.54, 1.807) is 16.6 Å². The Balaban J connectivity index is 2.00. The zero-order valence-electron chi connectivity index (χ0n) is 7.51. The molecule has 0 bridgehead atoms. The topological polar surface area (TPSA) is 57.0 Å². The number of nitrogens with zero attached hydrogens (tertiary/aromatic N) is 3. The highest BCUT2D eigenvalue weighted by Gasteiger charge is 2.29. The van der Waals surface area contributed by atoms with Crippen LogP contribution in [0.3, 0.4) is 0 Å². The molecule has 1 amide bonds. The number of hydrogen-bond donors (Lipinski definition) is 0. The maximum Gasteiger partial charge on any atom is 0.224 e. The Bertz CT molecular complexity index is 368. The van der Waals surface area contributed by atoms with Gasteiger partial charge in [0.05, 0.1) is 24.0 Å². The highest BCUT2D eigenvalue weighted by atomic mass is 32.1. The normalized spacial score (nSPS) is 21.2. The van der Waals surface area contributed by atoms with Crippen molar-refractivity contribution in [1.29, 1.82) is 5.26 Å². The van der Waals surface area contributed by atoms with Gasteiger partial charge in [0.25, 0.3) is 0 Å². The van der Waals surface area contributed by atoms with Gasteiger partial charge in [-0.05, 0) is 0 Å². The van der Waals surface area contributed by atoms with E-state index < -0.39 is 0 Å². The molecule has 14 heavy (non-hydrogen) atoms. The number of likely N-dealkylation sites (tertiary alicyclic amines) is 1. The van der Waals surface area contributed by atoms with Crippen molar-refractivity contribution in [2.75, 3.05) is 6.54 Å². The molecule has 2 heterocycles. The molecule has 0 aliphatic carbocycles. The summed E-state index contributed by atoms with van der Waals surface area (Å²) >= 11 is 1.53. The molecule has 5 heteroatoms. The Morgan fingerprint density at radius 2 is 2.64 bits per heavy atom. The van der Waals surface area contributed by atoms with Crippen LogP contribution in [0.25, 0.3) is 0 Å². The predicted molar refractivity (Wildman–Crippen MR) is 51.3 cm³/mol. The van der Waals surface area contributed by atoms with Gasteiger partial charge in [-0.1, -0.05) is 0 Å². The van der Waals surface area contributed by atoms with Crippen LogP contribution < -0.4 is 0 Å². The number of amides is 1. The number of thiazole rings is 1. The van der Waals surface area contributed by atoms with E-state index in [4.69, 9.17) is 5.26 Å². The summed E-state index contributed by atoms with van der Waals surface area (Å²) in [5.74, 6) is -0.0552. The molecular weight excluding hydrogens is 198 g/mol. The van der Waals surface area contributed by atoms with E-state index in [1.165, 1.54) is 11.3 Å². The van der Waals surface area contributed by atoms with Crippen molar-refractivity contribution in [3.05, 3.63) is 16.6 Å². The summed E-state index contributed by atoms with van der Waals surface area (Å²) in [5, 5.41) is 8.69. The fourth-order valence-corrected chi connectivity index (χ4v) is 2.13. The minimum Gasteiger partial charge on any atom is -0.336 e. The molecule has 0 spiro atoms. The van der Waals surface area contributed by atoms with Crippen LogP contribution in [-0.2, 0) is 11.3 Å². The molecular formula is C9H9N3OS. The fourth-order valence-electron chi connectivity index (χ4n) is 1.52. The average molecular weight is 207 g/mol. The van der Waals surface area contributed by atoms with Crippen LogP contribution in [0.1, 0.15) is 11.3 Å². The van der Waals surface area contributed by atoms with Crippen molar-refractivity contribution < 1.29 is 4.79 Å². The fraction of sp³-hybridized carbons (Fsp3) is 0.444. The SMILES string of the molecule is N#CC1CC(=O)N(Cc2cncs2)C1. The number of carbonyl (C=O) groups excluding carboxylic acids is 1. The molecule has 2 rings (SSSR count). The summed E-state index contributed by atoms with van der Waals surface area (Å²) in [6.07, 6.45) is 2.13. The maximum absolute atomic E-state index is 11.4. The van der Waals surface area contributed by atoms with Crippen LogP contribution >= 0.6 is 11.3 Å². The number of hydrogen-bond acceptors (Lipinski definition) is 4. The van der Waals surface area contributed by atoms with E-state index in [1.807, 2.05) is 0 Å². The summed E-state index contributed by atoms with van der Waals surface area (Å²) in [5.41, 5.74) is 1.75. The van der Waals surface area contributed by atoms with Crippen molar-refractivity contribution >= 4 is 17.2 Å². The van der Waals surface area contributed by atoms with Crippen LogP contribution in [0.4, 0.5) is 0 Å². The van der Waals surface area contributed by atoms with Crippen molar-refractivity contribution in [3.8, 4) is 6.07 Å². The van der Waals surface area contributed by atoms with Crippen molar-refractivity contribution in [2.24, 2.45) is 5.92 Å². The smallest absolute Gasteiger partial charge is 0.224 e. The number of rotatable bonds is 2. The first-order chi connectivity index (χ1) is 6.79. The van der Waals surface area contributed by atoms with Crippen molar-refractivity contribution in [2.45, 2.75) is 13.0 Å². The summed E-state index contributed by atoms with van der Waals surface area (Å²) in [6, 6.07) is 2.13. The molecule has 72 valence electrons. The van der Waals surface area contributed by atoms with Gasteiger partial charge in [-0.15, -0.1) is 11.3 Å². The third-order valence-corrected chi connectivity index (χ3v) is 2.99. The molecule has 1 fully saturated rings. The number of nitriles is 1. The molecule has 1 aliphatic rings. The lowest BCUT2D eigenvalue weighted by Crippen LogP contribution is -2.23. The van der Waals surface area contributed by atoms with Gasteiger partial charge < -0.3 is 4.90 Å². The first-order valence-corrected chi connectivity index (χ1v) is 5.22. The lowest BCUT2D eigenvalue weighted by atomic mass is 10.1. The monoisotopic (exact) mass is 207 g/mol. The highest BCUT2D eigenvalue weighted by Crippen LogP contribution is 2.20. The first kappa shape index (κ1) is 9.16. The second-order valence-corrected chi connectivity index (χ2v) is 4.24. The van der Waals surface area contributed by atoms with Gasteiger partial charge >= 0.3 is 0 Å². The van der Waals surface area contributed by atoms with E-state index in [2.05, 4.69) is 11.1 Å². The van der Waals surface area contributed by atoms with E-state index >= 15 is 0 Å². The van der Waals surface area contributed by atoms with Crippen LogP contribution in [0.2, 0.25) is 0 Å². The Hall–Kier alpha value is -1.41. The molecule has 0 radical (unpaired) electrons. The van der Waals surface area contributed by atoms with Crippen LogP contribution in [0, 0.1) is 17.2 Å². The molecule has 0 N–H and O–H groups in total. The molecule has 4 nitrogen and oxygen atoms in total. The molecule has 1 unspecified atom stereocenters. The summed E-state index contributed by atoms with van der Waals surface area (Å²) in [4.78, 5) is 18.2. The molecule has 1 atom stereocenters. The van der Waals surface area contributed by atoms with Gasteiger partial charge in [-0.3, -0.25) is 9.78 Å². The van der Waals surface area contributed by atoms with Crippen LogP contribution in [0.5, 0.6) is 0 Å². The van der Waals surface area contributed by atoms with Gasteiger partial charge in [-0.25, -0.2) is 0 Å². The minimum absolute atomic E-state index is 0.0740. The quantitative estimate of drug-likeness (QED) is 0.727. The minimum atomic E-state index is -0.129. The zero-order valence-corrected chi connectivity index (χ0v) is 8.33. The Labute approximate surface area is 85.8 Å². The van der Waals surface area contributed by atoms with Crippen molar-refractivity contribution in [3.63, 3.8) is 0 Å². The third-order valence-electron chi connectivity index (χ3n) is 2.23. The molecule has 1 aliphatic heterocycles. The Morgan fingerprint density at radius 3 is 3.21 bits per heavy atom. The summed E-state index contributed by atoms with van der Waals surface area (Å²) < 4.78 is 0. The second kappa shape index (κ2) is 3.76. The largest absolute Gasteiger partial charge is 0.336 e. The third kappa shape index (κ3) is 1.75. The van der Waals surface area contributed by atoms with Gasteiger partial charge in [-0.2, -0.15) is 5.26 Å². The second-order valence-electron chi connectivity index (χ2n) is 3.27. The Morgan fingerprint density at radius 1 is 1.79 bits per heavy atom. The van der Waals surface area contributed by atoms with E-state index in [-0.39, 0.29) is 11.8 Å². The summed E-state index contributed by atoms with van der Waals surface area (Å²) in [6.45, 7) is 1.16. The molecule has 0 saturated carbocycles. The zero-order chi connectivity index (χ0) is 9.97. The van der Waals surface area contributed by atoms with Crippen LogP contribution in [-0.4, -0.2) is 22.3 Å². The summed E-state index contributed by atoms with van der Waals surface area (Å²) in [7, 11) is 0. The molecule has 1 saturated heterocycles. The van der Waals surface area contributed by atoms with E-state index in [0.29, 0.717) is 19.5 Å². The molecule has 1 aromatic rings. The van der Waals surface area contributed by atoms with Gasteiger partial charge in [0.15, 0.2) is 0 Å². The van der Waals surface area contributed by atoms with E-state index in [0.717, 1.165) is 4.88 Å². The maximum atomic E-state index is 11.4. The lowest BCUT2D eigenvalue weighted by Gasteiger charge is -2.13. The van der Waals surface area contributed by atoms with E-state index in [9.17, 15) is 4.79 Å². The van der Waals surface area contributed by atoms with Gasteiger partial charge in [0, 0.05) is 24.0 Å². The van der Waals surface area contributed by atoms with Gasteiger partial charge in [0.2, 0.25) is 5.91 Å². The van der Waals surface area contributed by atoms with Gasteiger partial charge in [0.1, 0.15) is 0 Å².